The highest BCUT2D eigenvalue weighted by atomic mass is 79.9. The van der Waals surface area contributed by atoms with E-state index in [4.69, 9.17) is 21.1 Å². The largest absolute Gasteiger partial charge is 0.496 e. The molecule has 2 aromatic carbocycles. The van der Waals surface area contributed by atoms with Crippen molar-refractivity contribution in [3.05, 3.63) is 57.5 Å². The Labute approximate surface area is 148 Å². The van der Waals surface area contributed by atoms with Crippen LogP contribution in [0.3, 0.4) is 0 Å². The number of hydrogen-bond donors (Lipinski definition) is 1. The second-order valence-corrected chi connectivity index (χ2v) is 6.07. The molecule has 0 aliphatic rings. The van der Waals surface area contributed by atoms with Gasteiger partial charge in [-0.15, -0.1) is 0 Å². The third kappa shape index (κ3) is 5.44. The fourth-order valence-corrected chi connectivity index (χ4v) is 2.83. The van der Waals surface area contributed by atoms with E-state index in [-0.39, 0.29) is 12.5 Å². The van der Waals surface area contributed by atoms with Crippen molar-refractivity contribution in [2.24, 2.45) is 0 Å². The topological polar surface area (TPSA) is 47.6 Å². The van der Waals surface area contributed by atoms with Gasteiger partial charge in [0.05, 0.1) is 11.6 Å². The van der Waals surface area contributed by atoms with Gasteiger partial charge in [0, 0.05) is 11.6 Å². The Kier molecular flexibility index (Phi) is 6.74. The zero-order valence-electron chi connectivity index (χ0n) is 12.6. The average molecular weight is 399 g/mol. The average Bonchev–Trinajstić information content (AvgIpc) is 2.54. The van der Waals surface area contributed by atoms with E-state index in [1.165, 1.54) is 0 Å². The summed E-state index contributed by atoms with van der Waals surface area (Å²) >= 11 is 9.20. The highest BCUT2D eigenvalue weighted by Crippen LogP contribution is 2.27. The SMILES string of the molecule is COc1ccccc1CCNC(=O)COc1ccc(Cl)cc1Br. The lowest BCUT2D eigenvalue weighted by Crippen LogP contribution is -2.30. The first-order valence-electron chi connectivity index (χ1n) is 7.06. The molecule has 0 fully saturated rings. The predicted molar refractivity (Wildman–Crippen MR) is 94.4 cm³/mol. The van der Waals surface area contributed by atoms with E-state index in [9.17, 15) is 4.79 Å². The van der Waals surface area contributed by atoms with Crippen molar-refractivity contribution < 1.29 is 14.3 Å². The van der Waals surface area contributed by atoms with Crippen LogP contribution in [0.5, 0.6) is 11.5 Å². The molecular formula is C17H17BrClNO3. The summed E-state index contributed by atoms with van der Waals surface area (Å²) in [4.78, 5) is 11.8. The first-order valence-corrected chi connectivity index (χ1v) is 8.23. The molecule has 0 aliphatic carbocycles. The van der Waals surface area contributed by atoms with Crippen LogP contribution in [-0.2, 0) is 11.2 Å². The van der Waals surface area contributed by atoms with E-state index in [2.05, 4.69) is 21.2 Å². The summed E-state index contributed by atoms with van der Waals surface area (Å²) in [5.74, 6) is 1.22. The Morgan fingerprint density at radius 1 is 1.22 bits per heavy atom. The molecule has 23 heavy (non-hydrogen) atoms. The molecular weight excluding hydrogens is 382 g/mol. The number of nitrogens with one attached hydrogen (secondary N) is 1. The molecule has 1 amide bonds. The third-order valence-electron chi connectivity index (χ3n) is 3.16. The molecule has 0 aromatic heterocycles. The molecule has 0 saturated heterocycles. The van der Waals surface area contributed by atoms with E-state index >= 15 is 0 Å². The van der Waals surface area contributed by atoms with Crippen molar-refractivity contribution in [2.45, 2.75) is 6.42 Å². The van der Waals surface area contributed by atoms with Gasteiger partial charge in [0.25, 0.3) is 5.91 Å². The van der Waals surface area contributed by atoms with Crippen LogP contribution in [0.4, 0.5) is 0 Å². The second kappa shape index (κ2) is 8.79. The molecule has 0 aliphatic heterocycles. The van der Waals surface area contributed by atoms with Gasteiger partial charge >= 0.3 is 0 Å². The van der Waals surface area contributed by atoms with Crippen molar-refractivity contribution >= 4 is 33.4 Å². The normalized spacial score (nSPS) is 10.2. The Bertz CT molecular complexity index is 679. The number of amides is 1. The molecule has 2 aromatic rings. The van der Waals surface area contributed by atoms with Crippen molar-refractivity contribution in [3.63, 3.8) is 0 Å². The van der Waals surface area contributed by atoms with E-state index in [0.29, 0.717) is 28.2 Å². The Balaban J connectivity index is 1.77. The number of benzene rings is 2. The predicted octanol–water partition coefficient (Wildman–Crippen LogP) is 3.85. The van der Waals surface area contributed by atoms with Crippen molar-refractivity contribution in [1.29, 1.82) is 0 Å². The van der Waals surface area contributed by atoms with Gasteiger partial charge in [0.15, 0.2) is 6.61 Å². The lowest BCUT2D eigenvalue weighted by Gasteiger charge is -2.10. The molecule has 0 atom stereocenters. The van der Waals surface area contributed by atoms with Gasteiger partial charge < -0.3 is 14.8 Å². The second-order valence-electron chi connectivity index (χ2n) is 4.78. The molecule has 1 N–H and O–H groups in total. The summed E-state index contributed by atoms with van der Waals surface area (Å²) in [6.07, 6.45) is 0.695. The summed E-state index contributed by atoms with van der Waals surface area (Å²) in [5, 5.41) is 3.42. The number of para-hydroxylation sites is 1. The molecule has 0 radical (unpaired) electrons. The summed E-state index contributed by atoms with van der Waals surface area (Å²) < 4.78 is 11.5. The van der Waals surface area contributed by atoms with Crippen LogP contribution in [0, 0.1) is 0 Å². The van der Waals surface area contributed by atoms with Crippen molar-refractivity contribution in [2.75, 3.05) is 20.3 Å². The number of carbonyl (C=O) groups is 1. The standard InChI is InChI=1S/C17H17BrClNO3/c1-22-15-5-3-2-4-12(15)8-9-20-17(21)11-23-16-7-6-13(19)10-14(16)18/h2-7,10H,8-9,11H2,1H3,(H,20,21). The molecule has 0 unspecified atom stereocenters. The van der Waals surface area contributed by atoms with Crippen LogP contribution in [0.2, 0.25) is 5.02 Å². The monoisotopic (exact) mass is 397 g/mol. The quantitative estimate of drug-likeness (QED) is 0.770. The molecule has 4 nitrogen and oxygen atoms in total. The van der Waals surface area contributed by atoms with Crippen LogP contribution < -0.4 is 14.8 Å². The maximum atomic E-state index is 11.8. The van der Waals surface area contributed by atoms with Crippen LogP contribution in [0.25, 0.3) is 0 Å². The summed E-state index contributed by atoms with van der Waals surface area (Å²) in [5.41, 5.74) is 1.05. The zero-order chi connectivity index (χ0) is 16.7. The van der Waals surface area contributed by atoms with Gasteiger partial charge in [-0.2, -0.15) is 0 Å². The van der Waals surface area contributed by atoms with Crippen LogP contribution in [0.15, 0.2) is 46.9 Å². The van der Waals surface area contributed by atoms with Crippen LogP contribution in [0.1, 0.15) is 5.56 Å². The Hall–Kier alpha value is -1.72. The number of ether oxygens (including phenoxy) is 2. The van der Waals surface area contributed by atoms with Gasteiger partial charge in [-0.1, -0.05) is 29.8 Å². The number of hydrogen-bond acceptors (Lipinski definition) is 3. The lowest BCUT2D eigenvalue weighted by molar-refractivity contribution is -0.123. The minimum atomic E-state index is -0.179. The maximum Gasteiger partial charge on any atom is 0.257 e. The van der Waals surface area contributed by atoms with Crippen molar-refractivity contribution in [1.82, 2.24) is 5.32 Å². The third-order valence-corrected chi connectivity index (χ3v) is 4.02. The smallest absolute Gasteiger partial charge is 0.257 e. The fraction of sp³-hybridized carbons (Fsp3) is 0.235. The number of methoxy groups -OCH3 is 1. The molecule has 6 heteroatoms. The molecule has 0 bridgehead atoms. The van der Waals surface area contributed by atoms with Gasteiger partial charge in [0.1, 0.15) is 11.5 Å². The van der Waals surface area contributed by atoms with Gasteiger partial charge in [-0.3, -0.25) is 4.79 Å². The van der Waals surface area contributed by atoms with Crippen LogP contribution >= 0.6 is 27.5 Å². The summed E-state index contributed by atoms with van der Waals surface area (Å²) in [6.45, 7) is 0.469. The van der Waals surface area contributed by atoms with Gasteiger partial charge in [0.2, 0.25) is 0 Å². The van der Waals surface area contributed by atoms with Crippen LogP contribution in [-0.4, -0.2) is 26.2 Å². The number of rotatable bonds is 7. The zero-order valence-corrected chi connectivity index (χ0v) is 15.0. The Morgan fingerprint density at radius 2 is 2.00 bits per heavy atom. The van der Waals surface area contributed by atoms with Gasteiger partial charge in [-0.25, -0.2) is 0 Å². The minimum Gasteiger partial charge on any atom is -0.496 e. The first-order chi connectivity index (χ1) is 11.1. The van der Waals surface area contributed by atoms with E-state index < -0.39 is 0 Å². The number of halogens is 2. The van der Waals surface area contributed by atoms with E-state index in [1.807, 2.05) is 24.3 Å². The minimum absolute atomic E-state index is 0.0494. The number of carbonyl (C=O) groups excluding carboxylic acids is 1. The first kappa shape index (κ1) is 17.6. The maximum absolute atomic E-state index is 11.8. The molecule has 2 rings (SSSR count). The fourth-order valence-electron chi connectivity index (χ4n) is 2.03. The summed E-state index contributed by atoms with van der Waals surface area (Å²) in [7, 11) is 1.63. The molecule has 0 spiro atoms. The molecule has 0 heterocycles. The van der Waals surface area contributed by atoms with Gasteiger partial charge in [-0.05, 0) is 52.2 Å². The highest BCUT2D eigenvalue weighted by molar-refractivity contribution is 9.10. The van der Waals surface area contributed by atoms with E-state index in [1.54, 1.807) is 25.3 Å². The van der Waals surface area contributed by atoms with E-state index in [0.717, 1.165) is 11.3 Å². The van der Waals surface area contributed by atoms with Crippen molar-refractivity contribution in [3.8, 4) is 11.5 Å². The Morgan fingerprint density at radius 3 is 2.74 bits per heavy atom. The highest BCUT2D eigenvalue weighted by Gasteiger charge is 2.07. The lowest BCUT2D eigenvalue weighted by atomic mass is 10.1. The summed E-state index contributed by atoms with van der Waals surface area (Å²) in [6, 6.07) is 12.9. The molecule has 0 saturated carbocycles. The molecule has 122 valence electrons.